The van der Waals surface area contributed by atoms with Gasteiger partial charge in [0.2, 0.25) is 0 Å². The third kappa shape index (κ3) is 2.17. The minimum Gasteiger partial charge on any atom is -0.385 e. The predicted molar refractivity (Wildman–Crippen MR) is 56.9 cm³/mol. The highest BCUT2D eigenvalue weighted by atomic mass is 16.1. The molecule has 0 spiro atoms. The van der Waals surface area contributed by atoms with Gasteiger partial charge in [0.05, 0.1) is 0 Å². The molecule has 1 atom stereocenters. The number of carbonyl (C=O) groups excluding carboxylic acids is 1. The van der Waals surface area contributed by atoms with Crippen LogP contribution in [0.1, 0.15) is 46.0 Å². The number of rotatable bonds is 2. The van der Waals surface area contributed by atoms with E-state index >= 15 is 0 Å². The lowest BCUT2D eigenvalue weighted by atomic mass is 9.92. The number of ketones is 1. The first-order valence-electron chi connectivity index (χ1n) is 5.55. The van der Waals surface area contributed by atoms with Crippen LogP contribution in [0.5, 0.6) is 0 Å². The van der Waals surface area contributed by atoms with Gasteiger partial charge in [0.1, 0.15) is 0 Å². The molecule has 14 heavy (non-hydrogen) atoms. The maximum absolute atomic E-state index is 11.0. The summed E-state index contributed by atoms with van der Waals surface area (Å²) in [6.07, 6.45) is 7.20. The van der Waals surface area contributed by atoms with Crippen molar-refractivity contribution in [3.63, 3.8) is 0 Å². The standard InChI is InChI=1S/C12H19NO/c1-12(2)6-5-10(8-12)13-9-3-4-11(14)7-9/h7,10,13H,3-6,8H2,1-2H3. The van der Waals surface area contributed by atoms with Crippen molar-refractivity contribution in [3.8, 4) is 0 Å². The Morgan fingerprint density at radius 2 is 2.21 bits per heavy atom. The van der Waals surface area contributed by atoms with E-state index in [2.05, 4.69) is 19.2 Å². The molecule has 0 heterocycles. The number of nitrogens with one attached hydrogen (secondary N) is 1. The van der Waals surface area contributed by atoms with Crippen molar-refractivity contribution in [2.45, 2.75) is 52.0 Å². The summed E-state index contributed by atoms with van der Waals surface area (Å²) in [5.41, 5.74) is 1.65. The molecule has 0 bridgehead atoms. The quantitative estimate of drug-likeness (QED) is 0.729. The zero-order valence-electron chi connectivity index (χ0n) is 9.10. The normalized spacial score (nSPS) is 30.6. The molecule has 0 aromatic heterocycles. The van der Waals surface area contributed by atoms with E-state index in [4.69, 9.17) is 0 Å². The Bertz CT molecular complexity index is 278. The molecule has 0 aromatic carbocycles. The highest BCUT2D eigenvalue weighted by Crippen LogP contribution is 2.37. The average Bonchev–Trinajstić information content (AvgIpc) is 2.59. The Hall–Kier alpha value is -0.790. The van der Waals surface area contributed by atoms with E-state index in [0.29, 0.717) is 17.9 Å². The Labute approximate surface area is 85.8 Å². The molecule has 1 saturated carbocycles. The minimum atomic E-state index is 0.282. The molecule has 2 rings (SSSR count). The largest absolute Gasteiger partial charge is 0.385 e. The zero-order chi connectivity index (χ0) is 10.2. The van der Waals surface area contributed by atoms with Gasteiger partial charge in [-0.15, -0.1) is 0 Å². The van der Waals surface area contributed by atoms with Crippen LogP contribution in [0.2, 0.25) is 0 Å². The van der Waals surface area contributed by atoms with Gasteiger partial charge in [0.25, 0.3) is 0 Å². The molecule has 1 fully saturated rings. The summed E-state index contributed by atoms with van der Waals surface area (Å²) < 4.78 is 0. The van der Waals surface area contributed by atoms with Gasteiger partial charge in [-0.05, 0) is 31.1 Å². The molecule has 1 N–H and O–H groups in total. The lowest BCUT2D eigenvalue weighted by Gasteiger charge is -2.18. The number of hydrogen-bond donors (Lipinski definition) is 1. The summed E-state index contributed by atoms with van der Waals surface area (Å²) in [5.74, 6) is 0.282. The SMILES string of the molecule is CC1(C)CCC(NC2=CC(=O)CC2)C1. The van der Waals surface area contributed by atoms with E-state index in [9.17, 15) is 4.79 Å². The lowest BCUT2D eigenvalue weighted by Crippen LogP contribution is -2.26. The Balaban J connectivity index is 1.88. The number of allylic oxidation sites excluding steroid dienone is 2. The fraction of sp³-hybridized carbons (Fsp3) is 0.750. The van der Waals surface area contributed by atoms with Crippen molar-refractivity contribution >= 4 is 5.78 Å². The van der Waals surface area contributed by atoms with Crippen molar-refractivity contribution in [1.29, 1.82) is 0 Å². The minimum absolute atomic E-state index is 0.282. The number of hydrogen-bond acceptors (Lipinski definition) is 2. The molecule has 1 unspecified atom stereocenters. The molecule has 0 aliphatic heterocycles. The van der Waals surface area contributed by atoms with Crippen LogP contribution in [0, 0.1) is 5.41 Å². The van der Waals surface area contributed by atoms with Crippen molar-refractivity contribution in [2.24, 2.45) is 5.41 Å². The molecule has 0 aromatic rings. The third-order valence-electron chi connectivity index (χ3n) is 3.33. The van der Waals surface area contributed by atoms with Crippen LogP contribution < -0.4 is 5.32 Å². The van der Waals surface area contributed by atoms with Crippen LogP contribution in [0.4, 0.5) is 0 Å². The fourth-order valence-corrected chi connectivity index (χ4v) is 2.53. The summed E-state index contributed by atoms with van der Waals surface area (Å²) in [5, 5.41) is 3.50. The van der Waals surface area contributed by atoms with Gasteiger partial charge in [-0.1, -0.05) is 13.8 Å². The second kappa shape index (κ2) is 3.41. The molecule has 0 radical (unpaired) electrons. The number of carbonyl (C=O) groups is 1. The van der Waals surface area contributed by atoms with Gasteiger partial charge >= 0.3 is 0 Å². The maximum atomic E-state index is 11.0. The molecule has 2 heteroatoms. The lowest BCUT2D eigenvalue weighted by molar-refractivity contribution is -0.114. The van der Waals surface area contributed by atoms with Gasteiger partial charge in [-0.3, -0.25) is 4.79 Å². The van der Waals surface area contributed by atoms with Crippen molar-refractivity contribution in [3.05, 3.63) is 11.8 Å². The van der Waals surface area contributed by atoms with Crippen LogP contribution in [-0.2, 0) is 4.79 Å². The van der Waals surface area contributed by atoms with Crippen molar-refractivity contribution < 1.29 is 4.79 Å². The summed E-state index contributed by atoms with van der Waals surface area (Å²) in [7, 11) is 0. The van der Waals surface area contributed by atoms with E-state index in [1.807, 2.05) is 0 Å². The van der Waals surface area contributed by atoms with Gasteiger partial charge in [0, 0.05) is 24.2 Å². The third-order valence-corrected chi connectivity index (χ3v) is 3.33. The van der Waals surface area contributed by atoms with E-state index in [0.717, 1.165) is 12.1 Å². The molecule has 2 nitrogen and oxygen atoms in total. The summed E-state index contributed by atoms with van der Waals surface area (Å²) >= 11 is 0. The molecule has 2 aliphatic rings. The first-order valence-corrected chi connectivity index (χ1v) is 5.55. The smallest absolute Gasteiger partial charge is 0.157 e. The molecular weight excluding hydrogens is 174 g/mol. The molecule has 0 saturated heterocycles. The van der Waals surface area contributed by atoms with Gasteiger partial charge in [-0.25, -0.2) is 0 Å². The zero-order valence-corrected chi connectivity index (χ0v) is 9.10. The van der Waals surface area contributed by atoms with E-state index in [1.165, 1.54) is 19.3 Å². The second-order valence-corrected chi connectivity index (χ2v) is 5.38. The second-order valence-electron chi connectivity index (χ2n) is 5.38. The van der Waals surface area contributed by atoms with Gasteiger partial charge in [-0.2, -0.15) is 0 Å². The molecule has 78 valence electrons. The summed E-state index contributed by atoms with van der Waals surface area (Å²) in [6.45, 7) is 4.64. The molecular formula is C12H19NO. The Morgan fingerprint density at radius 1 is 1.43 bits per heavy atom. The highest BCUT2D eigenvalue weighted by molar-refractivity contribution is 5.92. The van der Waals surface area contributed by atoms with Gasteiger partial charge in [0.15, 0.2) is 5.78 Å². The molecule has 2 aliphatic carbocycles. The summed E-state index contributed by atoms with van der Waals surface area (Å²) in [4.78, 5) is 11.0. The topological polar surface area (TPSA) is 29.1 Å². The first kappa shape index (κ1) is 9.75. The van der Waals surface area contributed by atoms with Crippen LogP contribution in [-0.4, -0.2) is 11.8 Å². The summed E-state index contributed by atoms with van der Waals surface area (Å²) in [6, 6.07) is 0.599. The first-order chi connectivity index (χ1) is 6.55. The van der Waals surface area contributed by atoms with Crippen molar-refractivity contribution in [2.75, 3.05) is 0 Å². The van der Waals surface area contributed by atoms with Crippen LogP contribution in [0.3, 0.4) is 0 Å². The van der Waals surface area contributed by atoms with Crippen molar-refractivity contribution in [1.82, 2.24) is 5.32 Å². The van der Waals surface area contributed by atoms with Gasteiger partial charge < -0.3 is 5.32 Å². The maximum Gasteiger partial charge on any atom is 0.157 e. The monoisotopic (exact) mass is 193 g/mol. The molecule has 0 amide bonds. The van der Waals surface area contributed by atoms with E-state index in [-0.39, 0.29) is 5.78 Å². The van der Waals surface area contributed by atoms with Crippen LogP contribution >= 0.6 is 0 Å². The highest BCUT2D eigenvalue weighted by Gasteiger charge is 2.31. The Morgan fingerprint density at radius 3 is 2.71 bits per heavy atom. The van der Waals surface area contributed by atoms with E-state index < -0.39 is 0 Å². The van der Waals surface area contributed by atoms with Crippen LogP contribution in [0.15, 0.2) is 11.8 Å². The predicted octanol–water partition coefficient (Wildman–Crippen LogP) is 2.40. The Kier molecular flexibility index (Phi) is 2.38. The van der Waals surface area contributed by atoms with Crippen LogP contribution in [0.25, 0.3) is 0 Å². The fourth-order valence-electron chi connectivity index (χ4n) is 2.53. The van der Waals surface area contributed by atoms with E-state index in [1.54, 1.807) is 6.08 Å². The average molecular weight is 193 g/mol.